The molecule has 3 rings (SSSR count). The molecule has 0 saturated heterocycles. The summed E-state index contributed by atoms with van der Waals surface area (Å²) in [5, 5.41) is 20.4. The number of ketones is 2. The third-order valence-corrected chi connectivity index (χ3v) is 4.23. The topological polar surface area (TPSA) is 102 Å². The number of hydrogen-bond acceptors (Lipinski definition) is 7. The number of carbonyl (C=O) groups is 2. The molecule has 0 fully saturated rings. The minimum atomic E-state index is -0.640. The van der Waals surface area contributed by atoms with Crippen LogP contribution in [0.2, 0.25) is 0 Å². The first-order valence-corrected chi connectivity index (χ1v) is 7.35. The number of aromatic hydroxyl groups is 2. The van der Waals surface area contributed by atoms with Gasteiger partial charge in [0.15, 0.2) is 17.3 Å². The second-order valence-electron chi connectivity index (χ2n) is 5.54. The Labute approximate surface area is 143 Å². The van der Waals surface area contributed by atoms with Crippen molar-refractivity contribution in [3.63, 3.8) is 0 Å². The van der Waals surface area contributed by atoms with Crippen LogP contribution in [0.5, 0.6) is 28.7 Å². The van der Waals surface area contributed by atoms with Crippen LogP contribution < -0.4 is 14.2 Å². The van der Waals surface area contributed by atoms with E-state index in [1.807, 2.05) is 0 Å². The second-order valence-corrected chi connectivity index (χ2v) is 5.54. The number of carbonyl (C=O) groups excluding carboxylic acids is 2. The summed E-state index contributed by atoms with van der Waals surface area (Å²) in [6.07, 6.45) is 0. The Balaban J connectivity index is 2.44. The van der Waals surface area contributed by atoms with Crippen molar-refractivity contribution < 1.29 is 34.0 Å². The van der Waals surface area contributed by atoms with Crippen LogP contribution >= 0.6 is 0 Å². The first-order valence-electron chi connectivity index (χ1n) is 7.35. The molecule has 0 radical (unpaired) electrons. The summed E-state index contributed by atoms with van der Waals surface area (Å²) in [5.41, 5.74) is -0.251. The molecule has 2 aromatic rings. The molecule has 130 valence electrons. The average molecular weight is 344 g/mol. The predicted octanol–water partition coefficient (Wildman–Crippen LogP) is 2.21. The molecule has 7 heteroatoms. The van der Waals surface area contributed by atoms with Gasteiger partial charge in [0.25, 0.3) is 0 Å². The Morgan fingerprint density at radius 2 is 1.44 bits per heavy atom. The van der Waals surface area contributed by atoms with Gasteiger partial charge in [0.1, 0.15) is 11.5 Å². The maximum atomic E-state index is 13.0. The zero-order valence-electron chi connectivity index (χ0n) is 14.1. The number of aryl methyl sites for hydroxylation is 1. The lowest BCUT2D eigenvalue weighted by molar-refractivity contribution is 0.0970. The fraction of sp³-hybridized carbons (Fsp3) is 0.222. The molecule has 2 N–H and O–H groups in total. The van der Waals surface area contributed by atoms with Gasteiger partial charge in [-0.15, -0.1) is 0 Å². The maximum absolute atomic E-state index is 13.0. The molecule has 7 nitrogen and oxygen atoms in total. The number of phenolic OH excluding ortho intramolecular Hbond substituents is 2. The molecule has 0 aliphatic heterocycles. The second kappa shape index (κ2) is 5.70. The fourth-order valence-electron chi connectivity index (χ4n) is 3.06. The molecular formula is C18H16O7. The predicted molar refractivity (Wildman–Crippen MR) is 87.5 cm³/mol. The zero-order chi connectivity index (χ0) is 18.5. The SMILES string of the molecule is COc1cc2c(c(OC)c1OC)C(=O)c1c(O)c(C)cc(O)c1C2=O. The Kier molecular flexibility index (Phi) is 3.79. The van der Waals surface area contributed by atoms with Crippen molar-refractivity contribution in [1.29, 1.82) is 0 Å². The van der Waals surface area contributed by atoms with Gasteiger partial charge in [-0.1, -0.05) is 0 Å². The summed E-state index contributed by atoms with van der Waals surface area (Å²) < 4.78 is 15.7. The summed E-state index contributed by atoms with van der Waals surface area (Å²) in [6, 6.07) is 2.60. The molecule has 1 aliphatic carbocycles. The van der Waals surface area contributed by atoms with E-state index in [0.29, 0.717) is 0 Å². The van der Waals surface area contributed by atoms with Crippen LogP contribution in [0, 0.1) is 6.92 Å². The highest BCUT2D eigenvalue weighted by Crippen LogP contribution is 2.48. The minimum absolute atomic E-state index is 0.00514. The lowest BCUT2D eigenvalue weighted by Gasteiger charge is -2.24. The number of benzene rings is 2. The largest absolute Gasteiger partial charge is 0.507 e. The summed E-state index contributed by atoms with van der Waals surface area (Å²) >= 11 is 0. The molecule has 1 aliphatic rings. The van der Waals surface area contributed by atoms with Crippen LogP contribution in [0.3, 0.4) is 0 Å². The van der Waals surface area contributed by atoms with E-state index in [-0.39, 0.29) is 56.6 Å². The van der Waals surface area contributed by atoms with Crippen molar-refractivity contribution in [2.24, 2.45) is 0 Å². The number of phenols is 2. The Hall–Kier alpha value is -3.22. The van der Waals surface area contributed by atoms with Crippen LogP contribution in [0.15, 0.2) is 12.1 Å². The van der Waals surface area contributed by atoms with Crippen molar-refractivity contribution in [3.8, 4) is 28.7 Å². The monoisotopic (exact) mass is 344 g/mol. The highest BCUT2D eigenvalue weighted by atomic mass is 16.5. The number of hydrogen-bond donors (Lipinski definition) is 2. The number of ether oxygens (including phenoxy) is 3. The number of fused-ring (bicyclic) bond motifs is 2. The number of methoxy groups -OCH3 is 3. The standard InChI is InChI=1S/C18H16O7/c1-7-5-9(19)12-13(14(7)20)16(22)11-8(15(12)21)6-10(23-2)17(24-3)18(11)25-4/h5-6,19-20H,1-4H3. The van der Waals surface area contributed by atoms with Gasteiger partial charge < -0.3 is 24.4 Å². The molecule has 0 atom stereocenters. The molecule has 0 amide bonds. The van der Waals surface area contributed by atoms with Gasteiger partial charge in [-0.25, -0.2) is 0 Å². The van der Waals surface area contributed by atoms with Crippen molar-refractivity contribution in [2.45, 2.75) is 6.92 Å². The third-order valence-electron chi connectivity index (χ3n) is 4.23. The molecule has 0 unspecified atom stereocenters. The average Bonchev–Trinajstić information content (AvgIpc) is 2.60. The third kappa shape index (κ3) is 2.12. The minimum Gasteiger partial charge on any atom is -0.507 e. The molecule has 0 spiro atoms. The van der Waals surface area contributed by atoms with E-state index in [1.165, 1.54) is 40.4 Å². The first-order chi connectivity index (χ1) is 11.9. The lowest BCUT2D eigenvalue weighted by atomic mass is 9.81. The van der Waals surface area contributed by atoms with Gasteiger partial charge in [-0.2, -0.15) is 0 Å². The van der Waals surface area contributed by atoms with E-state index < -0.39 is 11.6 Å². The number of rotatable bonds is 3. The van der Waals surface area contributed by atoms with E-state index in [2.05, 4.69) is 0 Å². The summed E-state index contributed by atoms with van der Waals surface area (Å²) in [6.45, 7) is 1.52. The van der Waals surface area contributed by atoms with Crippen molar-refractivity contribution in [1.82, 2.24) is 0 Å². The zero-order valence-corrected chi connectivity index (χ0v) is 14.1. The lowest BCUT2D eigenvalue weighted by Crippen LogP contribution is -2.23. The molecule has 0 saturated carbocycles. The Morgan fingerprint density at radius 3 is 2.00 bits per heavy atom. The molecule has 2 aromatic carbocycles. The van der Waals surface area contributed by atoms with Gasteiger partial charge >= 0.3 is 0 Å². The quantitative estimate of drug-likeness (QED) is 0.702. The van der Waals surface area contributed by atoms with Crippen LogP contribution in [0.1, 0.15) is 37.4 Å². The van der Waals surface area contributed by atoms with Gasteiger partial charge in [0.2, 0.25) is 11.5 Å². The Bertz CT molecular complexity index is 928. The van der Waals surface area contributed by atoms with E-state index in [0.717, 1.165) is 0 Å². The van der Waals surface area contributed by atoms with Crippen molar-refractivity contribution in [3.05, 3.63) is 39.9 Å². The summed E-state index contributed by atoms with van der Waals surface area (Å²) in [5.74, 6) is -1.59. The normalized spacial score (nSPS) is 12.5. The van der Waals surface area contributed by atoms with Crippen LogP contribution in [0.4, 0.5) is 0 Å². The summed E-state index contributed by atoms with van der Waals surface area (Å²) in [7, 11) is 4.10. The molecular weight excluding hydrogens is 328 g/mol. The maximum Gasteiger partial charge on any atom is 0.204 e. The fourth-order valence-corrected chi connectivity index (χ4v) is 3.06. The molecule has 0 bridgehead atoms. The Morgan fingerprint density at radius 1 is 0.800 bits per heavy atom. The van der Waals surface area contributed by atoms with Gasteiger partial charge in [-0.05, 0) is 24.6 Å². The highest BCUT2D eigenvalue weighted by Gasteiger charge is 2.39. The van der Waals surface area contributed by atoms with Crippen LogP contribution in [-0.2, 0) is 0 Å². The van der Waals surface area contributed by atoms with Crippen LogP contribution in [0.25, 0.3) is 0 Å². The van der Waals surface area contributed by atoms with E-state index in [1.54, 1.807) is 0 Å². The molecule has 0 heterocycles. The first kappa shape index (κ1) is 16.6. The smallest absolute Gasteiger partial charge is 0.204 e. The van der Waals surface area contributed by atoms with Gasteiger partial charge in [0, 0.05) is 5.56 Å². The van der Waals surface area contributed by atoms with Crippen molar-refractivity contribution in [2.75, 3.05) is 21.3 Å². The van der Waals surface area contributed by atoms with Crippen LogP contribution in [-0.4, -0.2) is 43.1 Å². The van der Waals surface area contributed by atoms with Crippen molar-refractivity contribution >= 4 is 11.6 Å². The molecule has 25 heavy (non-hydrogen) atoms. The summed E-state index contributed by atoms with van der Waals surface area (Å²) in [4.78, 5) is 25.9. The van der Waals surface area contributed by atoms with Gasteiger partial charge in [-0.3, -0.25) is 9.59 Å². The van der Waals surface area contributed by atoms with Gasteiger partial charge in [0.05, 0.1) is 38.0 Å². The highest BCUT2D eigenvalue weighted by molar-refractivity contribution is 6.31. The van der Waals surface area contributed by atoms with E-state index in [4.69, 9.17) is 14.2 Å². The van der Waals surface area contributed by atoms with E-state index >= 15 is 0 Å². The van der Waals surface area contributed by atoms with E-state index in [9.17, 15) is 19.8 Å². The molecule has 0 aromatic heterocycles.